The lowest BCUT2D eigenvalue weighted by Crippen LogP contribution is -2.24. The standard InChI is InChI=1S/C14H20N2O/c1-9-4-3-5-12(9)14(17)16-11-7-6-10(2)13(15)8-11/h6-9,12H,3-5,15H2,1-2H3,(H,16,17). The van der Waals surface area contributed by atoms with Crippen LogP contribution in [0.3, 0.4) is 0 Å². The first-order chi connectivity index (χ1) is 8.08. The zero-order chi connectivity index (χ0) is 12.4. The first-order valence-corrected chi connectivity index (χ1v) is 6.25. The Morgan fingerprint density at radius 1 is 1.41 bits per heavy atom. The van der Waals surface area contributed by atoms with Crippen molar-refractivity contribution in [2.45, 2.75) is 33.1 Å². The Labute approximate surface area is 102 Å². The molecule has 1 aromatic carbocycles. The van der Waals surface area contributed by atoms with Gasteiger partial charge in [0.05, 0.1) is 0 Å². The summed E-state index contributed by atoms with van der Waals surface area (Å²) in [5.41, 5.74) is 8.39. The second-order valence-electron chi connectivity index (χ2n) is 5.08. The topological polar surface area (TPSA) is 55.1 Å². The van der Waals surface area contributed by atoms with Gasteiger partial charge in [-0.25, -0.2) is 0 Å². The fourth-order valence-electron chi connectivity index (χ4n) is 2.49. The summed E-state index contributed by atoms with van der Waals surface area (Å²) in [5, 5.41) is 2.96. The molecule has 17 heavy (non-hydrogen) atoms. The van der Waals surface area contributed by atoms with Crippen LogP contribution in [0.5, 0.6) is 0 Å². The van der Waals surface area contributed by atoms with Crippen LogP contribution in [0.15, 0.2) is 18.2 Å². The molecule has 1 aliphatic rings. The van der Waals surface area contributed by atoms with E-state index in [1.807, 2.05) is 25.1 Å². The van der Waals surface area contributed by atoms with Crippen LogP contribution in [0, 0.1) is 18.8 Å². The van der Waals surface area contributed by atoms with Crippen molar-refractivity contribution in [1.29, 1.82) is 0 Å². The fourth-order valence-corrected chi connectivity index (χ4v) is 2.49. The van der Waals surface area contributed by atoms with E-state index >= 15 is 0 Å². The molecule has 0 aromatic heterocycles. The lowest BCUT2D eigenvalue weighted by Gasteiger charge is -2.15. The van der Waals surface area contributed by atoms with E-state index in [1.165, 1.54) is 0 Å². The maximum Gasteiger partial charge on any atom is 0.227 e. The Hall–Kier alpha value is -1.51. The summed E-state index contributed by atoms with van der Waals surface area (Å²) in [5.74, 6) is 0.800. The molecule has 0 heterocycles. The molecule has 0 aliphatic heterocycles. The summed E-state index contributed by atoms with van der Waals surface area (Å²) < 4.78 is 0. The first-order valence-electron chi connectivity index (χ1n) is 6.25. The molecule has 1 aliphatic carbocycles. The SMILES string of the molecule is Cc1ccc(NC(=O)C2CCCC2C)cc1N. The lowest BCUT2D eigenvalue weighted by atomic mass is 9.97. The molecule has 2 rings (SSSR count). The van der Waals surface area contributed by atoms with E-state index in [-0.39, 0.29) is 11.8 Å². The molecule has 0 radical (unpaired) electrons. The first kappa shape index (κ1) is 12.0. The number of nitrogens with one attached hydrogen (secondary N) is 1. The number of benzene rings is 1. The van der Waals surface area contributed by atoms with Crippen LogP contribution < -0.4 is 11.1 Å². The van der Waals surface area contributed by atoms with Gasteiger partial charge in [0.25, 0.3) is 0 Å². The molecular weight excluding hydrogens is 212 g/mol. The van der Waals surface area contributed by atoms with Crippen molar-refractivity contribution in [3.05, 3.63) is 23.8 Å². The van der Waals surface area contributed by atoms with E-state index in [9.17, 15) is 4.79 Å². The Morgan fingerprint density at radius 3 is 2.76 bits per heavy atom. The minimum Gasteiger partial charge on any atom is -0.398 e. The van der Waals surface area contributed by atoms with Crippen molar-refractivity contribution < 1.29 is 4.79 Å². The van der Waals surface area contributed by atoms with E-state index in [2.05, 4.69) is 12.2 Å². The van der Waals surface area contributed by atoms with Gasteiger partial charge in [-0.15, -0.1) is 0 Å². The Balaban J connectivity index is 2.05. The predicted octanol–water partition coefficient (Wildman–Crippen LogP) is 2.95. The van der Waals surface area contributed by atoms with Crippen molar-refractivity contribution >= 4 is 17.3 Å². The number of amides is 1. The largest absolute Gasteiger partial charge is 0.398 e. The number of rotatable bonds is 2. The molecule has 3 N–H and O–H groups in total. The molecule has 1 aromatic rings. The summed E-state index contributed by atoms with van der Waals surface area (Å²) in [4.78, 5) is 12.1. The van der Waals surface area contributed by atoms with Gasteiger partial charge in [-0.2, -0.15) is 0 Å². The highest BCUT2D eigenvalue weighted by molar-refractivity contribution is 5.93. The van der Waals surface area contributed by atoms with Gasteiger partial charge in [-0.3, -0.25) is 4.79 Å². The van der Waals surface area contributed by atoms with E-state index in [4.69, 9.17) is 5.73 Å². The van der Waals surface area contributed by atoms with Gasteiger partial charge >= 0.3 is 0 Å². The average molecular weight is 232 g/mol. The maximum atomic E-state index is 12.1. The number of carbonyl (C=O) groups excluding carboxylic acids is 1. The van der Waals surface area contributed by atoms with Crippen LogP contribution >= 0.6 is 0 Å². The zero-order valence-electron chi connectivity index (χ0n) is 10.5. The summed E-state index contributed by atoms with van der Waals surface area (Å²) in [6.07, 6.45) is 3.33. The number of aryl methyl sites for hydroxylation is 1. The van der Waals surface area contributed by atoms with Crippen LogP contribution in [0.25, 0.3) is 0 Å². The third-order valence-electron chi connectivity index (χ3n) is 3.75. The molecule has 2 atom stereocenters. The average Bonchev–Trinajstić information content (AvgIpc) is 2.70. The molecule has 0 spiro atoms. The Bertz CT molecular complexity index is 428. The number of hydrogen-bond acceptors (Lipinski definition) is 2. The van der Waals surface area contributed by atoms with Crippen LogP contribution in [0.1, 0.15) is 31.7 Å². The number of hydrogen-bond donors (Lipinski definition) is 2. The van der Waals surface area contributed by atoms with E-state index < -0.39 is 0 Å². The van der Waals surface area contributed by atoms with E-state index in [1.54, 1.807) is 0 Å². The summed E-state index contributed by atoms with van der Waals surface area (Å²) in [6.45, 7) is 4.11. The molecule has 92 valence electrons. The second kappa shape index (κ2) is 4.78. The normalized spacial score (nSPS) is 23.6. The Morgan fingerprint density at radius 2 is 2.18 bits per heavy atom. The molecular formula is C14H20N2O. The van der Waals surface area contributed by atoms with Gasteiger partial charge in [-0.1, -0.05) is 19.4 Å². The molecule has 3 heteroatoms. The third-order valence-corrected chi connectivity index (χ3v) is 3.75. The highest BCUT2D eigenvalue weighted by atomic mass is 16.1. The lowest BCUT2D eigenvalue weighted by molar-refractivity contribution is -0.120. The smallest absolute Gasteiger partial charge is 0.227 e. The quantitative estimate of drug-likeness (QED) is 0.770. The van der Waals surface area contributed by atoms with Gasteiger partial charge in [0.1, 0.15) is 0 Å². The van der Waals surface area contributed by atoms with Crippen LogP contribution in [-0.2, 0) is 4.79 Å². The second-order valence-corrected chi connectivity index (χ2v) is 5.08. The Kier molecular flexibility index (Phi) is 3.36. The summed E-state index contributed by atoms with van der Waals surface area (Å²) in [6, 6.07) is 5.67. The van der Waals surface area contributed by atoms with Gasteiger partial charge in [0.15, 0.2) is 0 Å². The molecule has 0 bridgehead atoms. The molecule has 0 saturated heterocycles. The molecule has 1 fully saturated rings. The molecule has 1 amide bonds. The van der Waals surface area contributed by atoms with Crippen molar-refractivity contribution in [3.63, 3.8) is 0 Å². The number of nitrogens with two attached hydrogens (primary N) is 1. The van der Waals surface area contributed by atoms with Crippen molar-refractivity contribution in [1.82, 2.24) is 0 Å². The molecule has 3 nitrogen and oxygen atoms in total. The number of anilines is 2. The van der Waals surface area contributed by atoms with Gasteiger partial charge in [-0.05, 0) is 43.4 Å². The van der Waals surface area contributed by atoms with Gasteiger partial charge < -0.3 is 11.1 Å². The monoisotopic (exact) mass is 232 g/mol. The van der Waals surface area contributed by atoms with Crippen molar-refractivity contribution in [2.24, 2.45) is 11.8 Å². The zero-order valence-corrected chi connectivity index (χ0v) is 10.5. The van der Waals surface area contributed by atoms with Crippen LogP contribution in [0.2, 0.25) is 0 Å². The number of carbonyl (C=O) groups is 1. The summed E-state index contributed by atoms with van der Waals surface area (Å²) in [7, 11) is 0. The van der Waals surface area contributed by atoms with E-state index in [0.29, 0.717) is 5.92 Å². The van der Waals surface area contributed by atoms with Gasteiger partial charge in [0, 0.05) is 17.3 Å². The van der Waals surface area contributed by atoms with Crippen molar-refractivity contribution in [2.75, 3.05) is 11.1 Å². The third kappa shape index (κ3) is 2.60. The van der Waals surface area contributed by atoms with Crippen LogP contribution in [0.4, 0.5) is 11.4 Å². The maximum absolute atomic E-state index is 12.1. The van der Waals surface area contributed by atoms with Crippen LogP contribution in [-0.4, -0.2) is 5.91 Å². The van der Waals surface area contributed by atoms with E-state index in [0.717, 1.165) is 36.2 Å². The minimum atomic E-state index is 0.137. The highest BCUT2D eigenvalue weighted by Gasteiger charge is 2.29. The minimum absolute atomic E-state index is 0.137. The fraction of sp³-hybridized carbons (Fsp3) is 0.500. The molecule has 2 unspecified atom stereocenters. The molecule has 1 saturated carbocycles. The number of nitrogen functional groups attached to an aromatic ring is 1. The van der Waals surface area contributed by atoms with Crippen molar-refractivity contribution in [3.8, 4) is 0 Å². The van der Waals surface area contributed by atoms with Gasteiger partial charge in [0.2, 0.25) is 5.91 Å². The summed E-state index contributed by atoms with van der Waals surface area (Å²) >= 11 is 0. The highest BCUT2D eigenvalue weighted by Crippen LogP contribution is 2.32. The predicted molar refractivity (Wildman–Crippen MR) is 70.7 cm³/mol.